The number of nitrogens with two attached hydrogens (primary N) is 1. The van der Waals surface area contributed by atoms with Gasteiger partial charge in [-0.15, -0.1) is 0 Å². The number of rotatable bonds is 4. The minimum Gasteiger partial charge on any atom is -0.388 e. The molecule has 0 fully saturated rings. The molecule has 2 atom stereocenters. The van der Waals surface area contributed by atoms with E-state index in [1.54, 1.807) is 18.2 Å². The molecule has 0 heterocycles. The van der Waals surface area contributed by atoms with Crippen LogP contribution in [0.15, 0.2) is 46.9 Å². The fourth-order valence-electron chi connectivity index (χ4n) is 2.14. The summed E-state index contributed by atoms with van der Waals surface area (Å²) >= 11 is 15.4. The van der Waals surface area contributed by atoms with Gasteiger partial charge in [0.1, 0.15) is 0 Å². The van der Waals surface area contributed by atoms with Gasteiger partial charge in [-0.05, 0) is 41.5 Å². The third-order valence-corrected chi connectivity index (χ3v) is 4.38. The number of aliphatic hydroxyl groups is 1. The molecule has 0 saturated carbocycles. The van der Waals surface area contributed by atoms with Gasteiger partial charge < -0.3 is 10.8 Å². The molecular formula is C15H14BrCl2NO. The first-order chi connectivity index (χ1) is 9.52. The zero-order chi connectivity index (χ0) is 14.7. The van der Waals surface area contributed by atoms with Crippen molar-refractivity contribution in [3.63, 3.8) is 0 Å². The quantitative estimate of drug-likeness (QED) is 0.825. The normalized spacial score (nSPS) is 14.1. The predicted octanol–water partition coefficient (Wildman–Crippen LogP) is 4.53. The Bertz CT molecular complexity index is 606. The van der Waals surface area contributed by atoms with Gasteiger partial charge in [0, 0.05) is 27.0 Å². The molecule has 0 aliphatic heterocycles. The number of hydrogen-bond acceptors (Lipinski definition) is 2. The van der Waals surface area contributed by atoms with E-state index in [2.05, 4.69) is 15.9 Å². The van der Waals surface area contributed by atoms with Crippen LogP contribution in [0, 0.1) is 0 Å². The Morgan fingerprint density at radius 2 is 1.80 bits per heavy atom. The lowest BCUT2D eigenvalue weighted by molar-refractivity contribution is 0.146. The van der Waals surface area contributed by atoms with E-state index < -0.39 is 6.10 Å². The van der Waals surface area contributed by atoms with E-state index in [0.717, 1.165) is 10.0 Å². The van der Waals surface area contributed by atoms with Gasteiger partial charge in [0.05, 0.1) is 6.10 Å². The number of aliphatic hydroxyl groups excluding tert-OH is 1. The first-order valence-electron chi connectivity index (χ1n) is 6.11. The predicted molar refractivity (Wildman–Crippen MR) is 87.4 cm³/mol. The molecule has 0 bridgehead atoms. The highest BCUT2D eigenvalue weighted by molar-refractivity contribution is 9.10. The van der Waals surface area contributed by atoms with Crippen molar-refractivity contribution >= 4 is 39.1 Å². The Balaban J connectivity index is 2.38. The summed E-state index contributed by atoms with van der Waals surface area (Å²) < 4.78 is 0.801. The summed E-state index contributed by atoms with van der Waals surface area (Å²) in [6.07, 6.45) is -0.758. The third-order valence-electron chi connectivity index (χ3n) is 3.19. The number of hydrogen-bond donors (Lipinski definition) is 2. The standard InChI is InChI=1S/C15H14BrCl2NO/c16-14-5-4-11(18)7-12(14)15(20)13(8-19)9-2-1-3-10(17)6-9/h1-7,13,15,20H,8,19H2. The molecule has 0 aromatic heterocycles. The molecule has 0 aliphatic rings. The lowest BCUT2D eigenvalue weighted by Gasteiger charge is -2.23. The molecular weight excluding hydrogens is 361 g/mol. The first kappa shape index (κ1) is 15.8. The smallest absolute Gasteiger partial charge is 0.0882 e. The second-order valence-corrected chi connectivity index (χ2v) is 6.24. The zero-order valence-corrected chi connectivity index (χ0v) is 13.7. The molecule has 5 heteroatoms. The summed E-state index contributed by atoms with van der Waals surface area (Å²) in [5.41, 5.74) is 7.45. The Morgan fingerprint density at radius 1 is 1.10 bits per heavy atom. The average molecular weight is 375 g/mol. The van der Waals surface area contributed by atoms with Crippen molar-refractivity contribution in [3.05, 3.63) is 68.1 Å². The molecule has 0 aliphatic carbocycles. The largest absolute Gasteiger partial charge is 0.388 e. The highest BCUT2D eigenvalue weighted by atomic mass is 79.9. The second kappa shape index (κ2) is 6.92. The molecule has 0 radical (unpaired) electrons. The van der Waals surface area contributed by atoms with Crippen LogP contribution in [0.1, 0.15) is 23.1 Å². The van der Waals surface area contributed by atoms with Crippen molar-refractivity contribution in [2.45, 2.75) is 12.0 Å². The average Bonchev–Trinajstić information content (AvgIpc) is 2.42. The molecule has 0 saturated heterocycles. The molecule has 2 aromatic rings. The Hall–Kier alpha value is -0.580. The van der Waals surface area contributed by atoms with E-state index >= 15 is 0 Å². The SMILES string of the molecule is NCC(c1cccc(Cl)c1)C(O)c1cc(Cl)ccc1Br. The highest BCUT2D eigenvalue weighted by Crippen LogP contribution is 2.36. The molecule has 2 unspecified atom stereocenters. The third kappa shape index (κ3) is 3.54. The van der Waals surface area contributed by atoms with Crippen LogP contribution in [-0.4, -0.2) is 11.7 Å². The van der Waals surface area contributed by atoms with Crippen molar-refractivity contribution in [2.24, 2.45) is 5.73 Å². The Labute approximate surface area is 136 Å². The van der Waals surface area contributed by atoms with Crippen LogP contribution in [0.3, 0.4) is 0 Å². The summed E-state index contributed by atoms with van der Waals surface area (Å²) in [7, 11) is 0. The van der Waals surface area contributed by atoms with Gasteiger partial charge in [-0.3, -0.25) is 0 Å². The van der Waals surface area contributed by atoms with Crippen molar-refractivity contribution in [1.29, 1.82) is 0 Å². The molecule has 2 rings (SSSR count). The monoisotopic (exact) mass is 373 g/mol. The summed E-state index contributed by atoms with van der Waals surface area (Å²) in [4.78, 5) is 0. The molecule has 3 N–H and O–H groups in total. The Morgan fingerprint density at radius 3 is 2.45 bits per heavy atom. The van der Waals surface area contributed by atoms with Gasteiger partial charge in [0.25, 0.3) is 0 Å². The van der Waals surface area contributed by atoms with Gasteiger partial charge in [0.2, 0.25) is 0 Å². The van der Waals surface area contributed by atoms with Crippen LogP contribution in [0.2, 0.25) is 10.0 Å². The molecule has 20 heavy (non-hydrogen) atoms. The topological polar surface area (TPSA) is 46.2 Å². The van der Waals surface area contributed by atoms with E-state index in [0.29, 0.717) is 22.2 Å². The van der Waals surface area contributed by atoms with Gasteiger partial charge >= 0.3 is 0 Å². The molecule has 106 valence electrons. The zero-order valence-electron chi connectivity index (χ0n) is 10.6. The maximum atomic E-state index is 10.6. The van der Waals surface area contributed by atoms with Crippen LogP contribution < -0.4 is 5.73 Å². The minimum absolute atomic E-state index is 0.247. The molecule has 0 amide bonds. The van der Waals surface area contributed by atoms with E-state index in [4.69, 9.17) is 28.9 Å². The van der Waals surface area contributed by atoms with E-state index in [1.165, 1.54) is 0 Å². The highest BCUT2D eigenvalue weighted by Gasteiger charge is 2.23. The van der Waals surface area contributed by atoms with Crippen molar-refractivity contribution in [2.75, 3.05) is 6.54 Å². The minimum atomic E-state index is -0.758. The van der Waals surface area contributed by atoms with Crippen molar-refractivity contribution < 1.29 is 5.11 Å². The molecule has 2 nitrogen and oxygen atoms in total. The number of benzene rings is 2. The fraction of sp³-hybridized carbons (Fsp3) is 0.200. The fourth-order valence-corrected chi connectivity index (χ4v) is 3.00. The van der Waals surface area contributed by atoms with Gasteiger partial charge in [0.15, 0.2) is 0 Å². The number of halogens is 3. The second-order valence-electron chi connectivity index (χ2n) is 4.51. The van der Waals surface area contributed by atoms with Gasteiger partial charge in [-0.25, -0.2) is 0 Å². The van der Waals surface area contributed by atoms with E-state index in [9.17, 15) is 5.11 Å². The van der Waals surface area contributed by atoms with E-state index in [1.807, 2.05) is 24.3 Å². The van der Waals surface area contributed by atoms with Gasteiger partial charge in [-0.1, -0.05) is 51.3 Å². The van der Waals surface area contributed by atoms with Crippen LogP contribution in [0.4, 0.5) is 0 Å². The first-order valence-corrected chi connectivity index (χ1v) is 7.66. The summed E-state index contributed by atoms with van der Waals surface area (Å²) in [6, 6.07) is 12.7. The lowest BCUT2D eigenvalue weighted by atomic mass is 9.89. The Kier molecular flexibility index (Phi) is 5.47. The molecule has 2 aromatic carbocycles. The van der Waals surface area contributed by atoms with E-state index in [-0.39, 0.29) is 5.92 Å². The van der Waals surface area contributed by atoms with Crippen LogP contribution in [0.5, 0.6) is 0 Å². The van der Waals surface area contributed by atoms with Crippen molar-refractivity contribution in [1.82, 2.24) is 0 Å². The van der Waals surface area contributed by atoms with Crippen molar-refractivity contribution in [3.8, 4) is 0 Å². The maximum absolute atomic E-state index is 10.6. The molecule has 0 spiro atoms. The maximum Gasteiger partial charge on any atom is 0.0882 e. The van der Waals surface area contributed by atoms with Crippen LogP contribution in [0.25, 0.3) is 0 Å². The van der Waals surface area contributed by atoms with Crippen LogP contribution in [-0.2, 0) is 0 Å². The van der Waals surface area contributed by atoms with Crippen LogP contribution >= 0.6 is 39.1 Å². The van der Waals surface area contributed by atoms with Gasteiger partial charge in [-0.2, -0.15) is 0 Å². The summed E-state index contributed by atoms with van der Waals surface area (Å²) in [6.45, 7) is 0.306. The summed E-state index contributed by atoms with van der Waals surface area (Å²) in [5.74, 6) is -0.247. The summed E-state index contributed by atoms with van der Waals surface area (Å²) in [5, 5.41) is 11.8. The lowest BCUT2D eigenvalue weighted by Crippen LogP contribution is -2.20.